The average Bonchev–Trinajstić information content (AvgIpc) is 2.35. The molecular weight excluding hydrogens is 238 g/mol. The third kappa shape index (κ3) is 3.36. The van der Waals surface area contributed by atoms with Gasteiger partial charge in [-0.3, -0.25) is 4.79 Å². The van der Waals surface area contributed by atoms with Crippen molar-refractivity contribution in [3.05, 3.63) is 35.4 Å². The molecule has 0 spiro atoms. The fraction of sp³-hybridized carbons (Fsp3) is 0.438. The number of rotatable bonds is 3. The van der Waals surface area contributed by atoms with Crippen LogP contribution >= 0.6 is 0 Å². The number of nitrogens with zero attached hydrogens (tertiary/aromatic N) is 1. The van der Waals surface area contributed by atoms with Gasteiger partial charge in [0.1, 0.15) is 6.61 Å². The van der Waals surface area contributed by atoms with Crippen molar-refractivity contribution in [2.75, 3.05) is 13.7 Å². The minimum absolute atomic E-state index is 0.148. The van der Waals surface area contributed by atoms with Gasteiger partial charge in [-0.2, -0.15) is 0 Å². The van der Waals surface area contributed by atoms with Crippen LogP contribution in [-0.2, 0) is 11.3 Å². The van der Waals surface area contributed by atoms with E-state index in [0.29, 0.717) is 6.54 Å². The van der Waals surface area contributed by atoms with Gasteiger partial charge in [0.2, 0.25) is 5.91 Å². The first-order valence-electron chi connectivity index (χ1n) is 6.65. The van der Waals surface area contributed by atoms with Crippen LogP contribution in [0.2, 0.25) is 0 Å². The second kappa shape index (κ2) is 6.40. The molecular formula is C16H19NO2. The molecule has 1 amide bonds. The number of amides is 1. The Hall–Kier alpha value is -1.79. The molecule has 19 heavy (non-hydrogen) atoms. The predicted molar refractivity (Wildman–Crippen MR) is 74.2 cm³/mol. The maximum atomic E-state index is 12.1. The Kier molecular flexibility index (Phi) is 4.59. The van der Waals surface area contributed by atoms with E-state index < -0.39 is 0 Å². The van der Waals surface area contributed by atoms with Crippen molar-refractivity contribution in [2.45, 2.75) is 25.8 Å². The number of carbonyl (C=O) groups excluding carboxylic acids is 1. The highest BCUT2D eigenvalue weighted by atomic mass is 16.2. The second-order valence-corrected chi connectivity index (χ2v) is 4.94. The van der Waals surface area contributed by atoms with Crippen LogP contribution < -0.4 is 0 Å². The van der Waals surface area contributed by atoms with Gasteiger partial charge >= 0.3 is 0 Å². The quantitative estimate of drug-likeness (QED) is 0.839. The fourth-order valence-electron chi connectivity index (χ4n) is 2.22. The van der Waals surface area contributed by atoms with Gasteiger partial charge in [-0.15, -0.1) is 0 Å². The van der Waals surface area contributed by atoms with E-state index in [2.05, 4.69) is 11.8 Å². The largest absolute Gasteiger partial charge is 0.384 e. The van der Waals surface area contributed by atoms with Gasteiger partial charge < -0.3 is 10.0 Å². The monoisotopic (exact) mass is 257 g/mol. The Morgan fingerprint density at radius 1 is 1.42 bits per heavy atom. The van der Waals surface area contributed by atoms with Gasteiger partial charge in [-0.25, -0.2) is 0 Å². The summed E-state index contributed by atoms with van der Waals surface area (Å²) in [5, 5.41) is 8.76. The smallest absolute Gasteiger partial charge is 0.225 e. The first-order chi connectivity index (χ1) is 9.22. The normalized spacial score (nSPS) is 14.2. The summed E-state index contributed by atoms with van der Waals surface area (Å²) in [6, 6.07) is 7.76. The molecule has 3 heteroatoms. The summed E-state index contributed by atoms with van der Waals surface area (Å²) in [7, 11) is 1.84. The molecule has 0 bridgehead atoms. The van der Waals surface area contributed by atoms with Crippen molar-refractivity contribution in [2.24, 2.45) is 5.92 Å². The van der Waals surface area contributed by atoms with Crippen LogP contribution in [-0.4, -0.2) is 29.6 Å². The molecule has 0 heterocycles. The summed E-state index contributed by atoms with van der Waals surface area (Å²) >= 11 is 0. The number of aliphatic hydroxyl groups excluding tert-OH is 1. The lowest BCUT2D eigenvalue weighted by Gasteiger charge is -2.29. The first-order valence-corrected chi connectivity index (χ1v) is 6.65. The standard InChI is InChI=1S/C16H19NO2/c1-17(16(19)14-8-4-9-14)12-15-7-3-2-6-13(15)10-5-11-18/h2-3,6-7,14,18H,4,8-9,11-12H2,1H3. The average molecular weight is 257 g/mol. The zero-order valence-electron chi connectivity index (χ0n) is 11.2. The van der Waals surface area contributed by atoms with Gasteiger partial charge in [0.25, 0.3) is 0 Å². The Morgan fingerprint density at radius 3 is 2.79 bits per heavy atom. The summed E-state index contributed by atoms with van der Waals surface area (Å²) in [4.78, 5) is 13.9. The van der Waals surface area contributed by atoms with Crippen LogP contribution in [0.5, 0.6) is 0 Å². The van der Waals surface area contributed by atoms with Gasteiger partial charge in [-0.05, 0) is 24.5 Å². The summed E-state index contributed by atoms with van der Waals surface area (Å²) in [5.41, 5.74) is 1.91. The fourth-order valence-corrected chi connectivity index (χ4v) is 2.22. The highest BCUT2D eigenvalue weighted by Crippen LogP contribution is 2.28. The molecule has 1 aliphatic rings. The molecule has 0 saturated heterocycles. The zero-order valence-corrected chi connectivity index (χ0v) is 11.2. The minimum atomic E-state index is -0.148. The highest BCUT2D eigenvalue weighted by molar-refractivity contribution is 5.79. The van der Waals surface area contributed by atoms with Crippen LogP contribution in [0.4, 0.5) is 0 Å². The minimum Gasteiger partial charge on any atom is -0.384 e. The van der Waals surface area contributed by atoms with Gasteiger partial charge in [-0.1, -0.05) is 36.5 Å². The van der Waals surface area contributed by atoms with E-state index >= 15 is 0 Å². The van der Waals surface area contributed by atoms with E-state index in [4.69, 9.17) is 5.11 Å². The Balaban J connectivity index is 2.07. The summed E-state index contributed by atoms with van der Waals surface area (Å²) in [6.07, 6.45) is 3.22. The van der Waals surface area contributed by atoms with Gasteiger partial charge in [0.15, 0.2) is 0 Å². The highest BCUT2D eigenvalue weighted by Gasteiger charge is 2.27. The maximum Gasteiger partial charge on any atom is 0.225 e. The lowest BCUT2D eigenvalue weighted by atomic mass is 9.84. The molecule has 1 aromatic carbocycles. The van der Waals surface area contributed by atoms with Crippen LogP contribution in [0.3, 0.4) is 0 Å². The van der Waals surface area contributed by atoms with Crippen LogP contribution in [0.25, 0.3) is 0 Å². The molecule has 1 aromatic rings. The third-order valence-electron chi connectivity index (χ3n) is 3.56. The predicted octanol–water partition coefficient (Wildman–Crippen LogP) is 1.79. The van der Waals surface area contributed by atoms with Crippen molar-refractivity contribution < 1.29 is 9.90 Å². The third-order valence-corrected chi connectivity index (χ3v) is 3.56. The van der Waals surface area contributed by atoms with Crippen LogP contribution in [0.1, 0.15) is 30.4 Å². The maximum absolute atomic E-state index is 12.1. The molecule has 1 N–H and O–H groups in total. The first kappa shape index (κ1) is 13.6. The second-order valence-electron chi connectivity index (χ2n) is 4.94. The topological polar surface area (TPSA) is 40.5 Å². The number of hydrogen-bond donors (Lipinski definition) is 1. The van der Waals surface area contributed by atoms with E-state index in [1.54, 1.807) is 4.90 Å². The lowest BCUT2D eigenvalue weighted by Crippen LogP contribution is -2.35. The molecule has 0 unspecified atom stereocenters. The summed E-state index contributed by atoms with van der Waals surface area (Å²) < 4.78 is 0. The van der Waals surface area contributed by atoms with Crippen molar-refractivity contribution in [3.8, 4) is 11.8 Å². The molecule has 1 saturated carbocycles. The summed E-state index contributed by atoms with van der Waals surface area (Å²) in [5.74, 6) is 6.04. The van der Waals surface area contributed by atoms with E-state index in [-0.39, 0.29) is 18.4 Å². The molecule has 0 atom stereocenters. The molecule has 100 valence electrons. The molecule has 0 radical (unpaired) electrons. The molecule has 0 aliphatic heterocycles. The molecule has 2 rings (SSSR count). The number of carbonyl (C=O) groups is 1. The SMILES string of the molecule is CN(Cc1ccccc1C#CCO)C(=O)C1CCC1. The Morgan fingerprint density at radius 2 is 2.16 bits per heavy atom. The van der Waals surface area contributed by atoms with Crippen LogP contribution in [0.15, 0.2) is 24.3 Å². The van der Waals surface area contributed by atoms with Crippen molar-refractivity contribution in [1.82, 2.24) is 4.90 Å². The number of aliphatic hydroxyl groups is 1. The lowest BCUT2D eigenvalue weighted by molar-refractivity contribution is -0.137. The zero-order chi connectivity index (χ0) is 13.7. The molecule has 3 nitrogen and oxygen atoms in total. The van der Waals surface area contributed by atoms with Gasteiger partial charge in [0, 0.05) is 25.1 Å². The molecule has 1 aliphatic carbocycles. The van der Waals surface area contributed by atoms with E-state index in [1.807, 2.05) is 31.3 Å². The Labute approximate surface area is 114 Å². The van der Waals surface area contributed by atoms with Crippen molar-refractivity contribution in [3.63, 3.8) is 0 Å². The van der Waals surface area contributed by atoms with Gasteiger partial charge in [0.05, 0.1) is 0 Å². The number of benzene rings is 1. The molecule has 1 fully saturated rings. The Bertz CT molecular complexity index is 509. The number of hydrogen-bond acceptors (Lipinski definition) is 2. The van der Waals surface area contributed by atoms with Crippen molar-refractivity contribution >= 4 is 5.91 Å². The van der Waals surface area contributed by atoms with Crippen molar-refractivity contribution in [1.29, 1.82) is 0 Å². The van der Waals surface area contributed by atoms with Crippen LogP contribution in [0, 0.1) is 17.8 Å². The van der Waals surface area contributed by atoms with E-state index in [1.165, 1.54) is 6.42 Å². The van der Waals surface area contributed by atoms with E-state index in [9.17, 15) is 4.79 Å². The molecule has 0 aromatic heterocycles. The van der Waals surface area contributed by atoms with E-state index in [0.717, 1.165) is 24.0 Å². The summed E-state index contributed by atoms with van der Waals surface area (Å²) in [6.45, 7) is 0.427.